The summed E-state index contributed by atoms with van der Waals surface area (Å²) in [7, 11) is 0. The second kappa shape index (κ2) is 3.92. The van der Waals surface area contributed by atoms with E-state index in [1.165, 1.54) is 25.7 Å². The first-order chi connectivity index (χ1) is 6.68. The number of carbonyl (C=O) groups is 1. The van der Waals surface area contributed by atoms with Gasteiger partial charge in [-0.15, -0.1) is 0 Å². The van der Waals surface area contributed by atoms with E-state index in [0.717, 1.165) is 12.3 Å². The van der Waals surface area contributed by atoms with Crippen molar-refractivity contribution in [1.29, 1.82) is 0 Å². The Hall–Kier alpha value is -0.530. The lowest BCUT2D eigenvalue weighted by molar-refractivity contribution is -0.153. The molecule has 14 heavy (non-hydrogen) atoms. The van der Waals surface area contributed by atoms with Crippen LogP contribution >= 0.6 is 0 Å². The first-order valence-electron chi connectivity index (χ1n) is 5.89. The molecule has 2 heteroatoms. The summed E-state index contributed by atoms with van der Waals surface area (Å²) in [6.45, 7) is 3.86. The smallest absolute Gasteiger partial charge is 0.309 e. The highest BCUT2D eigenvalue weighted by atomic mass is 16.5. The van der Waals surface area contributed by atoms with Crippen LogP contribution in [0.4, 0.5) is 0 Å². The van der Waals surface area contributed by atoms with Gasteiger partial charge < -0.3 is 4.74 Å². The Morgan fingerprint density at radius 2 is 2.00 bits per heavy atom. The highest BCUT2D eigenvalue weighted by Gasteiger charge is 2.43. The van der Waals surface area contributed by atoms with Gasteiger partial charge in [0.2, 0.25) is 0 Å². The van der Waals surface area contributed by atoms with E-state index in [1.807, 2.05) is 13.8 Å². The van der Waals surface area contributed by atoms with E-state index in [1.54, 1.807) is 0 Å². The number of fused-ring (bicyclic) bond motifs is 1. The lowest BCUT2D eigenvalue weighted by atomic mass is 9.92. The summed E-state index contributed by atoms with van der Waals surface area (Å²) in [5.41, 5.74) is 0. The van der Waals surface area contributed by atoms with Gasteiger partial charge in [-0.25, -0.2) is 0 Å². The summed E-state index contributed by atoms with van der Waals surface area (Å²) in [5.74, 6) is 1.78. The molecule has 0 radical (unpaired) electrons. The van der Waals surface area contributed by atoms with Crippen LogP contribution < -0.4 is 0 Å². The Balaban J connectivity index is 1.94. The van der Waals surface area contributed by atoms with Gasteiger partial charge in [-0.3, -0.25) is 4.79 Å². The Morgan fingerprint density at radius 1 is 1.21 bits per heavy atom. The van der Waals surface area contributed by atoms with Crippen molar-refractivity contribution in [2.24, 2.45) is 17.8 Å². The predicted octanol–water partition coefficient (Wildman–Crippen LogP) is 2.76. The van der Waals surface area contributed by atoms with Crippen LogP contribution in [0, 0.1) is 17.8 Å². The zero-order valence-corrected chi connectivity index (χ0v) is 9.16. The maximum absolute atomic E-state index is 11.8. The maximum atomic E-state index is 11.8. The normalized spacial score (nSPS) is 36.1. The van der Waals surface area contributed by atoms with E-state index in [0.29, 0.717) is 5.92 Å². The molecule has 0 aromatic carbocycles. The molecule has 0 bridgehead atoms. The summed E-state index contributed by atoms with van der Waals surface area (Å²) < 4.78 is 5.30. The van der Waals surface area contributed by atoms with Gasteiger partial charge >= 0.3 is 5.97 Å². The minimum atomic E-state index is 0.0444. The second-order valence-electron chi connectivity index (χ2n) is 5.02. The fraction of sp³-hybridized carbons (Fsp3) is 0.917. The van der Waals surface area contributed by atoms with E-state index in [4.69, 9.17) is 4.74 Å². The first-order valence-corrected chi connectivity index (χ1v) is 5.89. The summed E-state index contributed by atoms with van der Waals surface area (Å²) in [4.78, 5) is 11.8. The topological polar surface area (TPSA) is 26.3 Å². The van der Waals surface area contributed by atoms with Crippen molar-refractivity contribution in [1.82, 2.24) is 0 Å². The molecule has 3 unspecified atom stereocenters. The van der Waals surface area contributed by atoms with Crippen LogP contribution in [0.15, 0.2) is 0 Å². The number of hydrogen-bond donors (Lipinski definition) is 0. The lowest BCUT2D eigenvalue weighted by Gasteiger charge is -2.18. The van der Waals surface area contributed by atoms with Gasteiger partial charge in [-0.1, -0.05) is 12.8 Å². The van der Waals surface area contributed by atoms with Crippen molar-refractivity contribution < 1.29 is 9.53 Å². The number of rotatable bonds is 2. The molecule has 2 saturated carbocycles. The molecule has 0 amide bonds. The van der Waals surface area contributed by atoms with E-state index in [2.05, 4.69) is 0 Å². The van der Waals surface area contributed by atoms with Crippen LogP contribution in [0.1, 0.15) is 46.0 Å². The van der Waals surface area contributed by atoms with Crippen LogP contribution in [0.25, 0.3) is 0 Å². The molecule has 2 aliphatic rings. The van der Waals surface area contributed by atoms with Crippen molar-refractivity contribution >= 4 is 5.97 Å². The van der Waals surface area contributed by atoms with Crippen LogP contribution in [0.2, 0.25) is 0 Å². The fourth-order valence-electron chi connectivity index (χ4n) is 3.17. The highest BCUT2D eigenvalue weighted by molar-refractivity contribution is 5.73. The largest absolute Gasteiger partial charge is 0.463 e. The molecule has 2 fully saturated rings. The fourth-order valence-corrected chi connectivity index (χ4v) is 3.17. The first kappa shape index (κ1) is 10.0. The minimum Gasteiger partial charge on any atom is -0.463 e. The molecule has 0 spiro atoms. The van der Waals surface area contributed by atoms with Gasteiger partial charge in [0.05, 0.1) is 12.0 Å². The third-order valence-electron chi connectivity index (χ3n) is 3.74. The minimum absolute atomic E-state index is 0.0444. The maximum Gasteiger partial charge on any atom is 0.309 e. The SMILES string of the molecule is CC(C)OC(=O)C1CCC2CCCC21. The summed E-state index contributed by atoms with van der Waals surface area (Å²) in [5, 5.41) is 0. The van der Waals surface area contributed by atoms with Gasteiger partial charge in [0, 0.05) is 0 Å². The summed E-state index contributed by atoms with van der Waals surface area (Å²) in [6.07, 6.45) is 6.28. The molecule has 3 atom stereocenters. The van der Waals surface area contributed by atoms with Gasteiger partial charge in [-0.2, -0.15) is 0 Å². The molecule has 0 N–H and O–H groups in total. The van der Waals surface area contributed by atoms with Crippen molar-refractivity contribution in [3.63, 3.8) is 0 Å². The zero-order chi connectivity index (χ0) is 10.1. The monoisotopic (exact) mass is 196 g/mol. The van der Waals surface area contributed by atoms with Crippen molar-refractivity contribution in [2.45, 2.75) is 52.1 Å². The Kier molecular flexibility index (Phi) is 2.80. The van der Waals surface area contributed by atoms with Crippen LogP contribution in [0.3, 0.4) is 0 Å². The third kappa shape index (κ3) is 1.79. The summed E-state index contributed by atoms with van der Waals surface area (Å²) >= 11 is 0. The molecule has 0 saturated heterocycles. The molecule has 2 nitrogen and oxygen atoms in total. The quantitative estimate of drug-likeness (QED) is 0.635. The van der Waals surface area contributed by atoms with Crippen molar-refractivity contribution in [2.75, 3.05) is 0 Å². The molecular weight excluding hydrogens is 176 g/mol. The second-order valence-corrected chi connectivity index (χ2v) is 5.02. The average Bonchev–Trinajstić information content (AvgIpc) is 2.59. The lowest BCUT2D eigenvalue weighted by Crippen LogP contribution is -2.24. The van der Waals surface area contributed by atoms with Gasteiger partial charge in [0.15, 0.2) is 0 Å². The molecular formula is C12H20O2. The third-order valence-corrected chi connectivity index (χ3v) is 3.74. The van der Waals surface area contributed by atoms with Gasteiger partial charge in [0.25, 0.3) is 0 Å². The number of hydrogen-bond acceptors (Lipinski definition) is 2. The Bertz CT molecular complexity index is 222. The van der Waals surface area contributed by atoms with Crippen molar-refractivity contribution in [3.05, 3.63) is 0 Å². The predicted molar refractivity (Wildman–Crippen MR) is 54.8 cm³/mol. The van der Waals surface area contributed by atoms with E-state index < -0.39 is 0 Å². The van der Waals surface area contributed by atoms with E-state index in [9.17, 15) is 4.79 Å². The van der Waals surface area contributed by atoms with Gasteiger partial charge in [0.1, 0.15) is 0 Å². The number of ether oxygens (including phenoxy) is 1. The number of esters is 1. The molecule has 0 aliphatic heterocycles. The Labute approximate surface area is 86.0 Å². The van der Waals surface area contributed by atoms with Crippen LogP contribution in [-0.4, -0.2) is 12.1 Å². The molecule has 2 aliphatic carbocycles. The molecule has 80 valence electrons. The van der Waals surface area contributed by atoms with E-state index >= 15 is 0 Å². The highest BCUT2D eigenvalue weighted by Crippen LogP contribution is 2.47. The van der Waals surface area contributed by atoms with Crippen LogP contribution in [-0.2, 0) is 9.53 Å². The van der Waals surface area contributed by atoms with Crippen molar-refractivity contribution in [3.8, 4) is 0 Å². The number of carbonyl (C=O) groups excluding carboxylic acids is 1. The average molecular weight is 196 g/mol. The molecule has 2 rings (SSSR count). The molecule has 0 aromatic rings. The zero-order valence-electron chi connectivity index (χ0n) is 9.16. The Morgan fingerprint density at radius 3 is 2.71 bits per heavy atom. The van der Waals surface area contributed by atoms with Gasteiger partial charge in [-0.05, 0) is 44.9 Å². The standard InChI is InChI=1S/C12H20O2/c1-8(2)14-12(13)11-7-6-9-4-3-5-10(9)11/h8-11H,3-7H2,1-2H3. The van der Waals surface area contributed by atoms with E-state index in [-0.39, 0.29) is 18.0 Å². The molecule has 0 aromatic heterocycles. The summed E-state index contributed by atoms with van der Waals surface area (Å²) in [6, 6.07) is 0. The molecule has 0 heterocycles. The van der Waals surface area contributed by atoms with Crippen LogP contribution in [0.5, 0.6) is 0 Å².